The molecule has 0 amide bonds. The molecular formula is C14H11ClO5S. The summed E-state index contributed by atoms with van der Waals surface area (Å²) in [6, 6.07) is 5.35. The molecule has 1 aliphatic rings. The molecule has 0 bridgehead atoms. The first kappa shape index (κ1) is 14.2. The van der Waals surface area contributed by atoms with Crippen molar-refractivity contribution in [3.63, 3.8) is 0 Å². The van der Waals surface area contributed by atoms with E-state index in [1.54, 1.807) is 25.3 Å². The van der Waals surface area contributed by atoms with Gasteiger partial charge in [-0.15, -0.1) is 11.3 Å². The Bertz CT molecular complexity index is 723. The highest BCUT2D eigenvalue weighted by Gasteiger charge is 2.32. The minimum absolute atomic E-state index is 0.272. The lowest BCUT2D eigenvalue weighted by atomic mass is 10.2. The SMILES string of the molecule is COc1ccc2c(Cl)c(C(=O)OC3CCOC3=O)sc2c1. The van der Waals surface area contributed by atoms with Crippen LogP contribution in [0.25, 0.3) is 10.1 Å². The monoisotopic (exact) mass is 326 g/mol. The summed E-state index contributed by atoms with van der Waals surface area (Å²) in [4.78, 5) is 23.8. The molecular weight excluding hydrogens is 316 g/mol. The van der Waals surface area contributed by atoms with E-state index in [1.165, 1.54) is 11.3 Å². The normalized spacial score (nSPS) is 17.8. The molecule has 1 aromatic carbocycles. The fraction of sp³-hybridized carbons (Fsp3) is 0.286. The lowest BCUT2D eigenvalue weighted by molar-refractivity contribution is -0.145. The molecule has 0 spiro atoms. The summed E-state index contributed by atoms with van der Waals surface area (Å²) >= 11 is 7.43. The Hall–Kier alpha value is -1.79. The first-order valence-electron chi connectivity index (χ1n) is 6.24. The molecule has 1 aromatic heterocycles. The van der Waals surface area contributed by atoms with Gasteiger partial charge in [0.2, 0.25) is 6.10 Å². The molecule has 1 saturated heterocycles. The number of carbonyl (C=O) groups is 2. The maximum Gasteiger partial charge on any atom is 0.350 e. The number of ether oxygens (including phenoxy) is 3. The third-order valence-electron chi connectivity index (χ3n) is 3.16. The molecule has 2 aromatic rings. The van der Waals surface area contributed by atoms with Crippen molar-refractivity contribution in [2.45, 2.75) is 12.5 Å². The number of carbonyl (C=O) groups excluding carboxylic acids is 2. The van der Waals surface area contributed by atoms with Gasteiger partial charge in [-0.3, -0.25) is 0 Å². The molecule has 21 heavy (non-hydrogen) atoms. The highest BCUT2D eigenvalue weighted by Crippen LogP contribution is 2.37. The van der Waals surface area contributed by atoms with Gasteiger partial charge in [0.05, 0.1) is 18.7 Å². The van der Waals surface area contributed by atoms with Crippen molar-refractivity contribution >= 4 is 45.0 Å². The molecule has 0 aliphatic carbocycles. The minimum atomic E-state index is -0.840. The third kappa shape index (κ3) is 2.56. The van der Waals surface area contributed by atoms with Gasteiger partial charge in [-0.1, -0.05) is 11.6 Å². The van der Waals surface area contributed by atoms with E-state index in [-0.39, 0.29) is 11.5 Å². The second-order valence-corrected chi connectivity index (χ2v) is 5.89. The van der Waals surface area contributed by atoms with Crippen LogP contribution in [-0.4, -0.2) is 31.8 Å². The van der Waals surface area contributed by atoms with E-state index < -0.39 is 18.0 Å². The molecule has 0 radical (unpaired) electrons. The summed E-state index contributed by atoms with van der Waals surface area (Å²) in [6.07, 6.45) is -0.464. The van der Waals surface area contributed by atoms with E-state index in [0.717, 1.165) is 10.1 Å². The smallest absolute Gasteiger partial charge is 0.350 e. The Balaban J connectivity index is 1.90. The first-order valence-corrected chi connectivity index (χ1v) is 7.43. The molecule has 5 nitrogen and oxygen atoms in total. The number of methoxy groups -OCH3 is 1. The predicted octanol–water partition coefficient (Wildman–Crippen LogP) is 3.04. The zero-order valence-corrected chi connectivity index (χ0v) is 12.6. The van der Waals surface area contributed by atoms with Crippen molar-refractivity contribution in [3.05, 3.63) is 28.1 Å². The van der Waals surface area contributed by atoms with Crippen LogP contribution in [0.1, 0.15) is 16.1 Å². The largest absolute Gasteiger partial charge is 0.497 e. The molecule has 1 unspecified atom stereocenters. The average Bonchev–Trinajstić information content (AvgIpc) is 3.03. The Morgan fingerprint density at radius 2 is 2.29 bits per heavy atom. The lowest BCUT2D eigenvalue weighted by Gasteiger charge is -2.06. The van der Waals surface area contributed by atoms with Gasteiger partial charge in [-0.25, -0.2) is 9.59 Å². The van der Waals surface area contributed by atoms with Gasteiger partial charge in [0, 0.05) is 16.5 Å². The predicted molar refractivity (Wildman–Crippen MR) is 78.2 cm³/mol. The van der Waals surface area contributed by atoms with E-state index in [9.17, 15) is 9.59 Å². The summed E-state index contributed by atoms with van der Waals surface area (Å²) in [5, 5.41) is 1.08. The van der Waals surface area contributed by atoms with Crippen LogP contribution in [0.4, 0.5) is 0 Å². The number of hydrogen-bond donors (Lipinski definition) is 0. The molecule has 110 valence electrons. The maximum absolute atomic E-state index is 12.2. The van der Waals surface area contributed by atoms with Crippen molar-refractivity contribution < 1.29 is 23.8 Å². The second-order valence-electron chi connectivity index (χ2n) is 4.46. The number of rotatable bonds is 3. The standard InChI is InChI=1S/C14H11ClO5S/c1-18-7-2-3-8-10(6-7)21-12(11(8)15)14(17)20-9-4-5-19-13(9)16/h2-3,6,9H,4-5H2,1H3. The zero-order chi connectivity index (χ0) is 15.0. The fourth-order valence-corrected chi connectivity index (χ4v) is 3.49. The number of hydrogen-bond acceptors (Lipinski definition) is 6. The van der Waals surface area contributed by atoms with Crippen LogP contribution in [0.2, 0.25) is 5.02 Å². The molecule has 2 heterocycles. The molecule has 3 rings (SSSR count). The number of cyclic esters (lactones) is 1. The first-order chi connectivity index (χ1) is 10.1. The summed E-state index contributed by atoms with van der Waals surface area (Å²) in [5.74, 6) is -0.439. The maximum atomic E-state index is 12.2. The van der Waals surface area contributed by atoms with E-state index in [2.05, 4.69) is 0 Å². The van der Waals surface area contributed by atoms with Gasteiger partial charge in [-0.05, 0) is 18.2 Å². The number of benzene rings is 1. The van der Waals surface area contributed by atoms with Crippen LogP contribution in [0.3, 0.4) is 0 Å². The van der Waals surface area contributed by atoms with Crippen molar-refractivity contribution in [3.8, 4) is 5.75 Å². The number of esters is 2. The average molecular weight is 327 g/mol. The van der Waals surface area contributed by atoms with Gasteiger partial charge in [0.15, 0.2) is 0 Å². The van der Waals surface area contributed by atoms with E-state index >= 15 is 0 Å². The summed E-state index contributed by atoms with van der Waals surface area (Å²) < 4.78 is 15.9. The Morgan fingerprint density at radius 3 is 2.95 bits per heavy atom. The second kappa shape index (κ2) is 5.54. The Kier molecular flexibility index (Phi) is 3.73. The molecule has 0 N–H and O–H groups in total. The molecule has 1 fully saturated rings. The number of fused-ring (bicyclic) bond motifs is 1. The fourth-order valence-electron chi connectivity index (χ4n) is 2.07. The highest BCUT2D eigenvalue weighted by molar-refractivity contribution is 7.21. The van der Waals surface area contributed by atoms with Gasteiger partial charge >= 0.3 is 11.9 Å². The van der Waals surface area contributed by atoms with Crippen molar-refractivity contribution in [2.24, 2.45) is 0 Å². The summed E-state index contributed by atoms with van der Waals surface area (Å²) in [5.41, 5.74) is 0. The molecule has 1 atom stereocenters. The number of halogens is 1. The molecule has 7 heteroatoms. The van der Waals surface area contributed by atoms with E-state index in [4.69, 9.17) is 25.8 Å². The van der Waals surface area contributed by atoms with Gasteiger partial charge in [-0.2, -0.15) is 0 Å². The van der Waals surface area contributed by atoms with Crippen molar-refractivity contribution in [1.82, 2.24) is 0 Å². The Morgan fingerprint density at radius 1 is 1.48 bits per heavy atom. The van der Waals surface area contributed by atoms with Crippen LogP contribution >= 0.6 is 22.9 Å². The highest BCUT2D eigenvalue weighted by atomic mass is 35.5. The van der Waals surface area contributed by atoms with E-state index in [1.807, 2.05) is 0 Å². The van der Waals surface area contributed by atoms with Crippen LogP contribution < -0.4 is 4.74 Å². The van der Waals surface area contributed by atoms with Crippen LogP contribution in [-0.2, 0) is 14.3 Å². The Labute approximate surface area is 129 Å². The summed E-state index contributed by atoms with van der Waals surface area (Å²) in [6.45, 7) is 0.272. The van der Waals surface area contributed by atoms with Gasteiger partial charge in [0.1, 0.15) is 10.6 Å². The van der Waals surface area contributed by atoms with Crippen LogP contribution in [0.5, 0.6) is 5.75 Å². The lowest BCUT2D eigenvalue weighted by Crippen LogP contribution is -2.22. The summed E-state index contributed by atoms with van der Waals surface area (Å²) in [7, 11) is 1.57. The van der Waals surface area contributed by atoms with Crippen LogP contribution in [0, 0.1) is 0 Å². The minimum Gasteiger partial charge on any atom is -0.497 e. The van der Waals surface area contributed by atoms with Crippen molar-refractivity contribution in [1.29, 1.82) is 0 Å². The van der Waals surface area contributed by atoms with E-state index in [0.29, 0.717) is 17.2 Å². The van der Waals surface area contributed by atoms with Crippen molar-refractivity contribution in [2.75, 3.05) is 13.7 Å². The molecule has 0 saturated carbocycles. The third-order valence-corrected chi connectivity index (χ3v) is 4.80. The quantitative estimate of drug-likeness (QED) is 0.811. The van der Waals surface area contributed by atoms with Gasteiger partial charge in [0.25, 0.3) is 0 Å². The van der Waals surface area contributed by atoms with Gasteiger partial charge < -0.3 is 14.2 Å². The zero-order valence-electron chi connectivity index (χ0n) is 11.1. The molecule has 1 aliphatic heterocycles. The topological polar surface area (TPSA) is 61.8 Å². The number of thiophene rings is 1. The van der Waals surface area contributed by atoms with Crippen LogP contribution in [0.15, 0.2) is 18.2 Å².